The Morgan fingerprint density at radius 3 is 2.10 bits per heavy atom. The number of nitrogens with zero attached hydrogens (tertiary/aromatic N) is 4. The second-order valence-electron chi connectivity index (χ2n) is 9.69. The topological polar surface area (TPSA) is 102 Å². The fourth-order valence-electron chi connectivity index (χ4n) is 6.40. The largest absolute Gasteiger partial charge is 0.361 e. The van der Waals surface area contributed by atoms with Crippen LogP contribution in [0.2, 0.25) is 0 Å². The van der Waals surface area contributed by atoms with Crippen LogP contribution in [0.1, 0.15) is 38.5 Å². The quantitative estimate of drug-likeness (QED) is 0.632. The normalized spacial score (nSPS) is 29.4. The van der Waals surface area contributed by atoms with Crippen LogP contribution in [-0.4, -0.2) is 33.7 Å². The summed E-state index contributed by atoms with van der Waals surface area (Å²) < 4.78 is 30.2. The summed E-state index contributed by atoms with van der Waals surface area (Å²) in [4.78, 5) is 9.56. The molecule has 162 valence electrons. The summed E-state index contributed by atoms with van der Waals surface area (Å²) in [7, 11) is -2.14. The van der Waals surface area contributed by atoms with Gasteiger partial charge in [-0.3, -0.25) is 9.40 Å². The Morgan fingerprint density at radius 1 is 0.968 bits per heavy atom. The van der Waals surface area contributed by atoms with Crippen molar-refractivity contribution in [1.29, 1.82) is 0 Å². The molecule has 4 aliphatic carbocycles. The third kappa shape index (κ3) is 3.35. The smallest absolute Gasteiger partial charge is 0.266 e. The van der Waals surface area contributed by atoms with E-state index in [0.717, 1.165) is 42.5 Å². The zero-order chi connectivity index (χ0) is 21.2. The lowest BCUT2D eigenvalue weighted by Crippen LogP contribution is -2.55. The maximum Gasteiger partial charge on any atom is 0.266 e. The first-order valence-electron chi connectivity index (χ1n) is 10.9. The van der Waals surface area contributed by atoms with Gasteiger partial charge in [-0.1, -0.05) is 12.1 Å². The van der Waals surface area contributed by atoms with Crippen molar-refractivity contribution in [2.75, 3.05) is 10.0 Å². The molecule has 2 aromatic heterocycles. The van der Waals surface area contributed by atoms with Gasteiger partial charge in [-0.2, -0.15) is 5.10 Å². The highest BCUT2D eigenvalue weighted by Crippen LogP contribution is 2.56. The van der Waals surface area contributed by atoms with Gasteiger partial charge in [0.25, 0.3) is 10.0 Å². The molecule has 0 radical (unpaired) electrons. The van der Waals surface area contributed by atoms with Crippen LogP contribution in [-0.2, 0) is 17.1 Å². The molecule has 7 rings (SSSR count). The van der Waals surface area contributed by atoms with Gasteiger partial charge in [-0.15, -0.1) is 0 Å². The first kappa shape index (κ1) is 19.0. The maximum absolute atomic E-state index is 13.0. The summed E-state index contributed by atoms with van der Waals surface area (Å²) >= 11 is 0. The minimum atomic E-state index is -3.83. The highest BCUT2D eigenvalue weighted by Gasteiger charge is 2.51. The SMILES string of the molecule is Cn1cc(S(=O)(=O)Nc2nc3ccccc3nc2NC23CC4CC(CC(C4)C2)C3)cn1. The summed E-state index contributed by atoms with van der Waals surface area (Å²) in [6.45, 7) is 0. The van der Waals surface area contributed by atoms with Crippen LogP contribution >= 0.6 is 0 Å². The van der Waals surface area contributed by atoms with Crippen molar-refractivity contribution in [3.63, 3.8) is 0 Å². The van der Waals surface area contributed by atoms with E-state index in [1.165, 1.54) is 36.3 Å². The fourth-order valence-corrected chi connectivity index (χ4v) is 7.39. The number of hydrogen-bond acceptors (Lipinski definition) is 6. The summed E-state index contributed by atoms with van der Waals surface area (Å²) in [5.74, 6) is 3.07. The molecule has 0 amide bonds. The van der Waals surface area contributed by atoms with E-state index in [-0.39, 0.29) is 16.3 Å². The van der Waals surface area contributed by atoms with E-state index < -0.39 is 10.0 Å². The minimum Gasteiger partial charge on any atom is -0.361 e. The van der Waals surface area contributed by atoms with Gasteiger partial charge in [0.2, 0.25) is 0 Å². The Balaban J connectivity index is 1.40. The summed E-state index contributed by atoms with van der Waals surface area (Å²) in [5.41, 5.74) is 1.39. The fraction of sp³-hybridized carbons (Fsp3) is 0.500. The third-order valence-electron chi connectivity index (χ3n) is 7.21. The molecule has 0 unspecified atom stereocenters. The molecule has 0 aliphatic heterocycles. The van der Waals surface area contributed by atoms with E-state index in [2.05, 4.69) is 20.1 Å². The van der Waals surface area contributed by atoms with Gasteiger partial charge in [0.1, 0.15) is 4.90 Å². The number of rotatable bonds is 5. The van der Waals surface area contributed by atoms with Gasteiger partial charge >= 0.3 is 0 Å². The van der Waals surface area contributed by atoms with Crippen molar-refractivity contribution < 1.29 is 8.42 Å². The number of benzene rings is 1. The van der Waals surface area contributed by atoms with Crippen LogP contribution in [0.25, 0.3) is 11.0 Å². The lowest BCUT2D eigenvalue weighted by molar-refractivity contribution is 0.0106. The Hall–Kier alpha value is -2.68. The summed E-state index contributed by atoms with van der Waals surface area (Å²) in [6.07, 6.45) is 10.2. The van der Waals surface area contributed by atoms with Crippen LogP contribution < -0.4 is 10.0 Å². The third-order valence-corrected chi connectivity index (χ3v) is 8.51. The van der Waals surface area contributed by atoms with Crippen molar-refractivity contribution >= 4 is 32.7 Å². The molecule has 0 atom stereocenters. The second-order valence-corrected chi connectivity index (χ2v) is 11.4. The van der Waals surface area contributed by atoms with E-state index in [1.54, 1.807) is 7.05 Å². The molecule has 1 aromatic carbocycles. The first-order chi connectivity index (χ1) is 14.9. The van der Waals surface area contributed by atoms with E-state index in [0.29, 0.717) is 11.3 Å². The summed E-state index contributed by atoms with van der Waals surface area (Å²) in [5, 5.41) is 7.69. The molecule has 4 fully saturated rings. The number of fused-ring (bicyclic) bond motifs is 1. The molecule has 3 aromatic rings. The number of aryl methyl sites for hydroxylation is 1. The highest BCUT2D eigenvalue weighted by molar-refractivity contribution is 7.92. The Labute approximate surface area is 181 Å². The number of anilines is 2. The van der Waals surface area contributed by atoms with E-state index in [1.807, 2.05) is 24.3 Å². The van der Waals surface area contributed by atoms with Crippen LogP contribution in [0.4, 0.5) is 11.6 Å². The van der Waals surface area contributed by atoms with Gasteiger partial charge < -0.3 is 5.32 Å². The molecule has 2 N–H and O–H groups in total. The zero-order valence-corrected chi connectivity index (χ0v) is 18.3. The lowest BCUT2D eigenvalue weighted by atomic mass is 9.53. The maximum atomic E-state index is 13.0. The van der Waals surface area contributed by atoms with Gasteiger partial charge in [0, 0.05) is 18.8 Å². The van der Waals surface area contributed by atoms with Crippen LogP contribution in [0, 0.1) is 17.8 Å². The first-order valence-corrected chi connectivity index (χ1v) is 12.4. The van der Waals surface area contributed by atoms with Gasteiger partial charge in [0.05, 0.1) is 17.2 Å². The molecule has 8 nitrogen and oxygen atoms in total. The predicted molar refractivity (Wildman–Crippen MR) is 118 cm³/mol. The molecule has 4 saturated carbocycles. The molecule has 4 aliphatic rings. The minimum absolute atomic E-state index is 0.0135. The van der Waals surface area contributed by atoms with Crippen molar-refractivity contribution in [2.45, 2.75) is 49.0 Å². The highest BCUT2D eigenvalue weighted by atomic mass is 32.2. The van der Waals surface area contributed by atoms with Gasteiger partial charge in [0.15, 0.2) is 11.6 Å². The Kier molecular flexibility index (Phi) is 4.09. The van der Waals surface area contributed by atoms with E-state index >= 15 is 0 Å². The van der Waals surface area contributed by atoms with Gasteiger partial charge in [-0.05, 0) is 68.4 Å². The average molecular weight is 439 g/mol. The number of hydrogen-bond donors (Lipinski definition) is 2. The number of aromatic nitrogens is 4. The van der Waals surface area contributed by atoms with Gasteiger partial charge in [-0.25, -0.2) is 18.4 Å². The van der Waals surface area contributed by atoms with Crippen LogP contribution in [0.3, 0.4) is 0 Å². The summed E-state index contributed by atoms with van der Waals surface area (Å²) in [6, 6.07) is 7.55. The second kappa shape index (κ2) is 6.66. The van der Waals surface area contributed by atoms with E-state index in [4.69, 9.17) is 4.98 Å². The van der Waals surface area contributed by atoms with Crippen LogP contribution in [0.15, 0.2) is 41.6 Å². The van der Waals surface area contributed by atoms with Crippen LogP contribution in [0.5, 0.6) is 0 Å². The molecule has 2 heterocycles. The molecule has 31 heavy (non-hydrogen) atoms. The molecule has 0 spiro atoms. The number of nitrogens with one attached hydrogen (secondary N) is 2. The Bertz CT molecular complexity index is 1230. The van der Waals surface area contributed by atoms with Crippen molar-refractivity contribution in [1.82, 2.24) is 19.7 Å². The monoisotopic (exact) mass is 438 g/mol. The van der Waals surface area contributed by atoms with E-state index in [9.17, 15) is 8.42 Å². The predicted octanol–water partition coefficient (Wildman–Crippen LogP) is 3.54. The molecule has 4 bridgehead atoms. The molecule has 0 saturated heterocycles. The van der Waals surface area contributed by atoms with Crippen molar-refractivity contribution in [3.05, 3.63) is 36.7 Å². The molecular weight excluding hydrogens is 412 g/mol. The Morgan fingerprint density at radius 2 is 1.55 bits per heavy atom. The van der Waals surface area contributed by atoms with Crippen molar-refractivity contribution in [3.8, 4) is 0 Å². The van der Waals surface area contributed by atoms with Crippen molar-refractivity contribution in [2.24, 2.45) is 24.8 Å². The number of para-hydroxylation sites is 2. The number of sulfonamides is 1. The molecular formula is C22H26N6O2S. The zero-order valence-electron chi connectivity index (χ0n) is 17.5. The lowest BCUT2D eigenvalue weighted by Gasteiger charge is -2.57. The molecule has 9 heteroatoms. The average Bonchev–Trinajstić information content (AvgIpc) is 3.14. The standard InChI is InChI=1S/C22H26N6O2S/c1-28-13-17(12-23-28)31(29,30)27-21-20(24-18-4-2-3-5-19(18)25-21)26-22-9-14-6-15(10-22)8-16(7-14)11-22/h2-5,12-16H,6-11H2,1H3,(H,24,26)(H,25,27).